The lowest BCUT2D eigenvalue weighted by molar-refractivity contribution is 0.0943. The van der Waals surface area contributed by atoms with Gasteiger partial charge in [-0.05, 0) is 41.6 Å². The summed E-state index contributed by atoms with van der Waals surface area (Å²) >= 11 is 1.42. The quantitative estimate of drug-likeness (QED) is 0.460. The van der Waals surface area contributed by atoms with E-state index in [4.69, 9.17) is 0 Å². The molecule has 0 saturated carbocycles. The van der Waals surface area contributed by atoms with Gasteiger partial charge in [-0.15, -0.1) is 0 Å². The number of thioether (sulfide) groups is 1. The molecule has 4 aromatic rings. The summed E-state index contributed by atoms with van der Waals surface area (Å²) in [6.45, 7) is 1.06. The van der Waals surface area contributed by atoms with E-state index in [1.165, 1.54) is 23.9 Å². The summed E-state index contributed by atoms with van der Waals surface area (Å²) in [5, 5.41) is 3.65. The molecule has 2 aromatic heterocycles. The van der Waals surface area contributed by atoms with Crippen LogP contribution in [0, 0.1) is 5.82 Å². The van der Waals surface area contributed by atoms with Crippen LogP contribution in [0.15, 0.2) is 78.6 Å². The SMILES string of the molecule is CSc1ncc(C(=O)NCc2ccccc2Cn2ccnc2)n1-c1ccc(F)cc1. The van der Waals surface area contributed by atoms with Crippen molar-refractivity contribution in [2.24, 2.45) is 0 Å². The number of benzene rings is 2. The molecule has 0 fully saturated rings. The van der Waals surface area contributed by atoms with Crippen LogP contribution in [0.4, 0.5) is 4.39 Å². The Morgan fingerprint density at radius 1 is 1.13 bits per heavy atom. The first-order valence-electron chi connectivity index (χ1n) is 9.34. The molecule has 8 heteroatoms. The molecule has 0 aliphatic heterocycles. The highest BCUT2D eigenvalue weighted by Gasteiger charge is 2.18. The summed E-state index contributed by atoms with van der Waals surface area (Å²) in [6, 6.07) is 14.0. The van der Waals surface area contributed by atoms with Gasteiger partial charge in [0.15, 0.2) is 5.16 Å². The highest BCUT2D eigenvalue weighted by Crippen LogP contribution is 2.22. The normalized spacial score (nSPS) is 10.9. The van der Waals surface area contributed by atoms with Crippen LogP contribution in [0.3, 0.4) is 0 Å². The first-order chi connectivity index (χ1) is 14.7. The molecule has 6 nitrogen and oxygen atoms in total. The number of halogens is 1. The lowest BCUT2D eigenvalue weighted by atomic mass is 10.1. The van der Waals surface area contributed by atoms with Crippen LogP contribution in [0.1, 0.15) is 21.6 Å². The van der Waals surface area contributed by atoms with Crippen LogP contribution in [0.5, 0.6) is 0 Å². The zero-order chi connectivity index (χ0) is 20.9. The third-order valence-corrected chi connectivity index (χ3v) is 5.35. The highest BCUT2D eigenvalue weighted by molar-refractivity contribution is 7.98. The standard InChI is InChI=1S/C22H20FN5OS/c1-30-22-26-13-20(28(22)19-8-6-18(23)7-9-19)21(29)25-12-16-4-2-3-5-17(16)14-27-11-10-24-15-27/h2-11,13,15H,12,14H2,1H3,(H,25,29). The molecule has 0 radical (unpaired) electrons. The summed E-state index contributed by atoms with van der Waals surface area (Å²) in [5.74, 6) is -0.574. The Bertz CT molecular complexity index is 1140. The number of amides is 1. The average molecular weight is 422 g/mol. The van der Waals surface area contributed by atoms with E-state index < -0.39 is 0 Å². The van der Waals surface area contributed by atoms with E-state index in [1.807, 2.05) is 41.3 Å². The zero-order valence-electron chi connectivity index (χ0n) is 16.3. The summed E-state index contributed by atoms with van der Waals surface area (Å²) in [4.78, 5) is 21.4. The molecule has 2 heterocycles. The summed E-state index contributed by atoms with van der Waals surface area (Å²) < 4.78 is 17.1. The van der Waals surface area contributed by atoms with Crippen LogP contribution < -0.4 is 5.32 Å². The van der Waals surface area contributed by atoms with E-state index in [2.05, 4.69) is 15.3 Å². The largest absolute Gasteiger partial charge is 0.347 e. The van der Waals surface area contributed by atoms with Gasteiger partial charge in [0.1, 0.15) is 11.5 Å². The smallest absolute Gasteiger partial charge is 0.270 e. The molecule has 2 aromatic carbocycles. The molecular weight excluding hydrogens is 401 g/mol. The molecule has 152 valence electrons. The number of aromatic nitrogens is 4. The van der Waals surface area contributed by atoms with Gasteiger partial charge in [0.2, 0.25) is 0 Å². The minimum absolute atomic E-state index is 0.246. The van der Waals surface area contributed by atoms with E-state index in [9.17, 15) is 9.18 Å². The second-order valence-electron chi connectivity index (χ2n) is 6.63. The molecule has 0 atom stereocenters. The summed E-state index contributed by atoms with van der Waals surface area (Å²) in [6.07, 6.45) is 8.84. The zero-order valence-corrected chi connectivity index (χ0v) is 17.1. The van der Waals surface area contributed by atoms with Crippen LogP contribution >= 0.6 is 11.8 Å². The van der Waals surface area contributed by atoms with Crippen molar-refractivity contribution in [3.05, 3.63) is 96.1 Å². The Labute approximate surface area is 177 Å². The van der Waals surface area contributed by atoms with Crippen molar-refractivity contribution >= 4 is 17.7 Å². The molecule has 0 saturated heterocycles. The fraction of sp³-hybridized carbons (Fsp3) is 0.136. The molecule has 0 aliphatic rings. The maximum atomic E-state index is 13.3. The lowest BCUT2D eigenvalue weighted by Gasteiger charge is -2.13. The van der Waals surface area contributed by atoms with Crippen molar-refractivity contribution in [2.75, 3.05) is 6.26 Å². The van der Waals surface area contributed by atoms with Gasteiger partial charge in [-0.2, -0.15) is 0 Å². The first-order valence-corrected chi connectivity index (χ1v) is 10.6. The van der Waals surface area contributed by atoms with Gasteiger partial charge in [-0.1, -0.05) is 36.0 Å². The van der Waals surface area contributed by atoms with Gasteiger partial charge in [0.05, 0.1) is 12.5 Å². The monoisotopic (exact) mass is 421 g/mol. The van der Waals surface area contributed by atoms with Gasteiger partial charge in [0.25, 0.3) is 5.91 Å². The lowest BCUT2D eigenvalue weighted by Crippen LogP contribution is -2.26. The molecule has 0 bridgehead atoms. The molecule has 30 heavy (non-hydrogen) atoms. The van der Waals surface area contributed by atoms with Gasteiger partial charge >= 0.3 is 0 Å². The molecular formula is C22H20FN5OS. The number of nitrogens with zero attached hydrogens (tertiary/aromatic N) is 4. The average Bonchev–Trinajstić information content (AvgIpc) is 3.43. The van der Waals surface area contributed by atoms with E-state index in [0.717, 1.165) is 11.1 Å². The second-order valence-corrected chi connectivity index (χ2v) is 7.40. The highest BCUT2D eigenvalue weighted by atomic mass is 32.2. The molecule has 1 amide bonds. The van der Waals surface area contributed by atoms with Crippen molar-refractivity contribution < 1.29 is 9.18 Å². The molecule has 0 aliphatic carbocycles. The van der Waals surface area contributed by atoms with Crippen molar-refractivity contribution in [1.82, 2.24) is 24.4 Å². The van der Waals surface area contributed by atoms with Gasteiger partial charge < -0.3 is 9.88 Å². The third-order valence-electron chi connectivity index (χ3n) is 4.70. The second kappa shape index (κ2) is 8.96. The fourth-order valence-corrected chi connectivity index (χ4v) is 3.75. The Hall–Kier alpha value is -3.39. The maximum Gasteiger partial charge on any atom is 0.270 e. The van der Waals surface area contributed by atoms with Crippen LogP contribution in [-0.2, 0) is 13.1 Å². The maximum absolute atomic E-state index is 13.3. The van der Waals surface area contributed by atoms with Crippen molar-refractivity contribution in [2.45, 2.75) is 18.2 Å². The Morgan fingerprint density at radius 3 is 2.60 bits per heavy atom. The van der Waals surface area contributed by atoms with Crippen molar-refractivity contribution in [3.8, 4) is 5.69 Å². The minimum atomic E-state index is -0.329. The van der Waals surface area contributed by atoms with Gasteiger partial charge in [-0.25, -0.2) is 14.4 Å². The van der Waals surface area contributed by atoms with Gasteiger partial charge in [0, 0.05) is 31.2 Å². The van der Waals surface area contributed by atoms with Crippen LogP contribution in [-0.4, -0.2) is 31.3 Å². The number of hydrogen-bond acceptors (Lipinski definition) is 4. The fourth-order valence-electron chi connectivity index (χ4n) is 3.21. The Kier molecular flexibility index (Phi) is 5.94. The van der Waals surface area contributed by atoms with E-state index in [1.54, 1.807) is 35.4 Å². The van der Waals surface area contributed by atoms with Crippen molar-refractivity contribution in [1.29, 1.82) is 0 Å². The Balaban J connectivity index is 1.55. The predicted octanol–water partition coefficient (Wildman–Crippen LogP) is 3.91. The molecule has 0 unspecified atom stereocenters. The first kappa shape index (κ1) is 19.9. The Morgan fingerprint density at radius 2 is 1.90 bits per heavy atom. The van der Waals surface area contributed by atoms with E-state index in [-0.39, 0.29) is 11.7 Å². The van der Waals surface area contributed by atoms with E-state index >= 15 is 0 Å². The molecule has 0 spiro atoms. The van der Waals surface area contributed by atoms with Gasteiger partial charge in [-0.3, -0.25) is 9.36 Å². The minimum Gasteiger partial charge on any atom is -0.347 e. The molecule has 1 N–H and O–H groups in total. The number of carbonyl (C=O) groups excluding carboxylic acids is 1. The summed E-state index contributed by atoms with van der Waals surface area (Å²) in [7, 11) is 0. The van der Waals surface area contributed by atoms with Crippen LogP contribution in [0.2, 0.25) is 0 Å². The third kappa shape index (κ3) is 4.28. The number of hydrogen-bond donors (Lipinski definition) is 1. The number of carbonyl (C=O) groups is 1. The number of nitrogens with one attached hydrogen (secondary N) is 1. The molecule has 4 rings (SSSR count). The van der Waals surface area contributed by atoms with Crippen molar-refractivity contribution in [3.63, 3.8) is 0 Å². The van der Waals surface area contributed by atoms with Crippen LogP contribution in [0.25, 0.3) is 5.69 Å². The predicted molar refractivity (Wildman–Crippen MR) is 114 cm³/mol. The topological polar surface area (TPSA) is 64.7 Å². The number of rotatable bonds is 7. The summed E-state index contributed by atoms with van der Waals surface area (Å²) in [5.41, 5.74) is 3.21. The number of imidazole rings is 2. The van der Waals surface area contributed by atoms with E-state index in [0.29, 0.717) is 29.6 Å².